The summed E-state index contributed by atoms with van der Waals surface area (Å²) in [6, 6.07) is 16.1. The molecule has 4 aliphatic rings. The first-order valence-electron chi connectivity index (χ1n) is 15.7. The number of benzene rings is 2. The van der Waals surface area contributed by atoms with Gasteiger partial charge in [-0.1, -0.05) is 48.4 Å². The summed E-state index contributed by atoms with van der Waals surface area (Å²) >= 11 is 0. The predicted octanol–water partition coefficient (Wildman–Crippen LogP) is 5.95. The van der Waals surface area contributed by atoms with Crippen molar-refractivity contribution in [2.75, 3.05) is 17.8 Å². The van der Waals surface area contributed by atoms with Gasteiger partial charge in [0.2, 0.25) is 0 Å². The fourth-order valence-corrected chi connectivity index (χ4v) is 9.69. The lowest BCUT2D eigenvalue weighted by Gasteiger charge is -2.61. The van der Waals surface area contributed by atoms with Crippen LogP contribution in [0.4, 0.5) is 10.1 Å². The average molecular weight is 620 g/mol. The number of halogens is 1. The molecule has 2 aromatic rings. The second-order valence-electron chi connectivity index (χ2n) is 13.9. The molecule has 6 rings (SSSR count). The largest absolute Gasteiger partial charge is 0.489 e. The standard InChI is InChI=1S/C36H43FNO5P/c1-22-4-11-28(12-5-22)43-21-23-6-9-26(10-7-23)38(44)19-24-16-30-29-13-8-25-17-27(40)14-15-35(25,3)36(29,37)32(42)18-34(30,2)33(24)31(41)20-39/h4-7,9-12,14-15,17,24,29-30,32-33,39,42H,8,13,16,18-21,44H2,1-3H3. The van der Waals surface area contributed by atoms with Gasteiger partial charge in [0.05, 0.1) is 6.10 Å². The van der Waals surface area contributed by atoms with Gasteiger partial charge in [0.15, 0.2) is 17.2 Å². The van der Waals surface area contributed by atoms with E-state index in [2.05, 4.69) is 9.39 Å². The number of hydrogen-bond donors (Lipinski definition) is 2. The number of nitrogens with zero attached hydrogens (tertiary/aromatic N) is 1. The Bertz CT molecular complexity index is 1490. The Morgan fingerprint density at radius 2 is 1.82 bits per heavy atom. The third-order valence-corrected chi connectivity index (χ3v) is 12.0. The first-order chi connectivity index (χ1) is 20.9. The number of ether oxygens (including phenoxy) is 1. The van der Waals surface area contributed by atoms with Gasteiger partial charge in [0, 0.05) is 29.5 Å². The highest BCUT2D eigenvalue weighted by atomic mass is 31.0. The molecule has 0 bridgehead atoms. The Kier molecular flexibility index (Phi) is 8.13. The van der Waals surface area contributed by atoms with Gasteiger partial charge in [-0.15, -0.1) is 0 Å². The molecule has 0 radical (unpaired) electrons. The molecule has 4 aliphatic carbocycles. The highest BCUT2D eigenvalue weighted by molar-refractivity contribution is 7.19. The zero-order valence-corrected chi connectivity index (χ0v) is 26.9. The molecule has 44 heavy (non-hydrogen) atoms. The van der Waals surface area contributed by atoms with Crippen molar-refractivity contribution < 1.29 is 28.9 Å². The summed E-state index contributed by atoms with van der Waals surface area (Å²) in [5, 5.41) is 21.6. The number of allylic oxidation sites excluding steroid dienone is 4. The first kappa shape index (κ1) is 31.1. The normalized spacial score (nSPS) is 35.8. The summed E-state index contributed by atoms with van der Waals surface area (Å²) in [6.45, 7) is 6.27. The highest BCUT2D eigenvalue weighted by Gasteiger charge is 2.72. The Balaban J connectivity index is 1.22. The lowest BCUT2D eigenvalue weighted by atomic mass is 9.45. The topological polar surface area (TPSA) is 87.1 Å². The number of carbonyl (C=O) groups is 2. The van der Waals surface area contributed by atoms with Crippen molar-refractivity contribution >= 4 is 26.6 Å². The molecule has 2 N–H and O–H groups in total. The monoisotopic (exact) mass is 619 g/mol. The second kappa shape index (κ2) is 11.5. The maximum Gasteiger partial charge on any atom is 0.178 e. The number of aryl methyl sites for hydroxylation is 1. The SMILES string of the molecule is Cc1ccc(OCc2ccc(N(P)CC3CC4C5CCC6=CC(=O)C=CC6(C)C5(F)C(O)CC4(C)C3C(=O)CO)cc2)cc1. The van der Waals surface area contributed by atoms with Crippen LogP contribution in [0.3, 0.4) is 0 Å². The number of aliphatic hydroxyl groups excluding tert-OH is 2. The number of anilines is 1. The van der Waals surface area contributed by atoms with Crippen LogP contribution >= 0.6 is 9.39 Å². The Hall–Kier alpha value is -2.86. The zero-order valence-electron chi connectivity index (χ0n) is 25.7. The number of rotatable bonds is 8. The van der Waals surface area contributed by atoms with E-state index in [9.17, 15) is 19.8 Å². The quantitative estimate of drug-likeness (QED) is 0.356. The summed E-state index contributed by atoms with van der Waals surface area (Å²) in [6.07, 6.45) is 5.19. The van der Waals surface area contributed by atoms with Crippen LogP contribution in [-0.2, 0) is 16.2 Å². The van der Waals surface area contributed by atoms with E-state index in [1.165, 1.54) is 11.6 Å². The first-order valence-corrected chi connectivity index (χ1v) is 16.2. The summed E-state index contributed by atoms with van der Waals surface area (Å²) in [5.41, 5.74) is 0.242. The van der Waals surface area contributed by atoms with E-state index in [0.717, 1.165) is 22.6 Å². The van der Waals surface area contributed by atoms with Crippen molar-refractivity contribution in [2.24, 2.45) is 34.5 Å². The van der Waals surface area contributed by atoms with Crippen molar-refractivity contribution in [1.82, 2.24) is 0 Å². The molecule has 8 heteroatoms. The van der Waals surface area contributed by atoms with Crippen LogP contribution in [-0.4, -0.2) is 46.7 Å². The van der Waals surface area contributed by atoms with Gasteiger partial charge in [-0.3, -0.25) is 9.59 Å². The minimum atomic E-state index is -1.95. The van der Waals surface area contributed by atoms with Gasteiger partial charge in [-0.2, -0.15) is 0 Å². The van der Waals surface area contributed by atoms with Crippen LogP contribution in [0.1, 0.15) is 50.7 Å². The molecule has 234 valence electrons. The average Bonchev–Trinajstić information content (AvgIpc) is 3.28. The number of Topliss-reactive ketones (excluding diaryl/α,β-unsaturated/α-hetero) is 1. The molecule has 0 spiro atoms. The third kappa shape index (κ3) is 4.96. The Morgan fingerprint density at radius 3 is 2.50 bits per heavy atom. The minimum Gasteiger partial charge on any atom is -0.489 e. The molecule has 0 saturated heterocycles. The number of ketones is 2. The highest BCUT2D eigenvalue weighted by Crippen LogP contribution is 2.70. The van der Waals surface area contributed by atoms with Crippen molar-refractivity contribution in [3.05, 3.63) is 83.5 Å². The molecular formula is C36H43FNO5P. The van der Waals surface area contributed by atoms with Crippen LogP contribution in [0.2, 0.25) is 0 Å². The summed E-state index contributed by atoms with van der Waals surface area (Å²) in [7, 11) is 2.77. The van der Waals surface area contributed by atoms with Gasteiger partial charge in [-0.25, -0.2) is 4.39 Å². The van der Waals surface area contributed by atoms with Gasteiger partial charge >= 0.3 is 0 Å². The number of carbonyl (C=O) groups excluding carboxylic acids is 2. The van der Waals surface area contributed by atoms with E-state index in [4.69, 9.17) is 4.74 Å². The van der Waals surface area contributed by atoms with Crippen molar-refractivity contribution in [3.8, 4) is 5.75 Å². The zero-order chi connectivity index (χ0) is 31.4. The van der Waals surface area contributed by atoms with Gasteiger partial charge in [0.25, 0.3) is 0 Å². The van der Waals surface area contributed by atoms with Crippen molar-refractivity contribution in [1.29, 1.82) is 0 Å². The number of aliphatic hydroxyl groups is 2. The Labute approximate surface area is 261 Å². The van der Waals surface area contributed by atoms with Gasteiger partial charge < -0.3 is 19.6 Å². The van der Waals surface area contributed by atoms with E-state index in [1.54, 1.807) is 12.2 Å². The Morgan fingerprint density at radius 1 is 1.11 bits per heavy atom. The number of alkyl halides is 1. The maximum atomic E-state index is 17.5. The molecule has 3 saturated carbocycles. The molecule has 9 atom stereocenters. The van der Waals surface area contributed by atoms with E-state index < -0.39 is 41.0 Å². The molecule has 0 amide bonds. The lowest BCUT2D eigenvalue weighted by Crippen LogP contribution is -2.66. The van der Waals surface area contributed by atoms with Crippen LogP contribution in [0.5, 0.6) is 5.75 Å². The summed E-state index contributed by atoms with van der Waals surface area (Å²) in [4.78, 5) is 25.6. The van der Waals surface area contributed by atoms with Crippen molar-refractivity contribution in [3.63, 3.8) is 0 Å². The van der Waals surface area contributed by atoms with Crippen LogP contribution in [0.15, 0.2) is 72.3 Å². The molecular weight excluding hydrogens is 576 g/mol. The lowest BCUT2D eigenvalue weighted by molar-refractivity contribution is -0.195. The molecule has 6 nitrogen and oxygen atoms in total. The summed E-state index contributed by atoms with van der Waals surface area (Å²) < 4.78 is 25.5. The number of hydrogen-bond acceptors (Lipinski definition) is 6. The maximum absolute atomic E-state index is 17.5. The van der Waals surface area contributed by atoms with Crippen molar-refractivity contribution in [2.45, 2.75) is 64.8 Å². The molecule has 2 aromatic carbocycles. The fraction of sp³-hybridized carbons (Fsp3) is 0.500. The van der Waals surface area contributed by atoms with E-state index in [-0.39, 0.29) is 29.8 Å². The molecule has 0 aromatic heterocycles. The number of fused-ring (bicyclic) bond motifs is 5. The summed E-state index contributed by atoms with van der Waals surface area (Å²) in [5.74, 6) is -0.822. The third-order valence-electron chi connectivity index (χ3n) is 11.4. The van der Waals surface area contributed by atoms with Crippen LogP contribution in [0.25, 0.3) is 0 Å². The predicted molar refractivity (Wildman–Crippen MR) is 172 cm³/mol. The second-order valence-corrected chi connectivity index (χ2v) is 14.5. The van der Waals surface area contributed by atoms with E-state index in [0.29, 0.717) is 32.4 Å². The fourth-order valence-electron chi connectivity index (χ4n) is 9.24. The molecule has 0 aliphatic heterocycles. The molecule has 3 fully saturated rings. The minimum absolute atomic E-state index is 0.130. The van der Waals surface area contributed by atoms with Crippen LogP contribution < -0.4 is 9.41 Å². The molecule has 0 heterocycles. The van der Waals surface area contributed by atoms with Gasteiger partial charge in [-0.05, 0) is 108 Å². The van der Waals surface area contributed by atoms with Gasteiger partial charge in [0.1, 0.15) is 19.0 Å². The molecule has 9 unspecified atom stereocenters. The van der Waals surface area contributed by atoms with E-state index in [1.807, 2.05) is 74.0 Å². The van der Waals surface area contributed by atoms with E-state index >= 15 is 4.39 Å². The van der Waals surface area contributed by atoms with Crippen LogP contribution in [0, 0.1) is 41.4 Å². The smallest absolute Gasteiger partial charge is 0.178 e.